The molecule has 0 radical (unpaired) electrons. The Bertz CT molecular complexity index is 964. The lowest BCUT2D eigenvalue weighted by Crippen LogP contribution is -2.17. The molecule has 0 saturated heterocycles. The van der Waals surface area contributed by atoms with Crippen LogP contribution in [0.1, 0.15) is 62.8 Å². The minimum Gasteiger partial charge on any atom is -0.0736 e. The lowest BCUT2D eigenvalue weighted by atomic mass is 9.78. The van der Waals surface area contributed by atoms with Gasteiger partial charge in [0.25, 0.3) is 0 Å². The highest BCUT2D eigenvalue weighted by molar-refractivity contribution is 5.55. The number of allylic oxidation sites excluding steroid dienone is 2. The first-order valence-corrected chi connectivity index (χ1v) is 11.1. The van der Waals surface area contributed by atoms with Gasteiger partial charge in [-0.05, 0) is 35.1 Å². The van der Waals surface area contributed by atoms with Crippen molar-refractivity contribution in [3.8, 4) is 0 Å². The van der Waals surface area contributed by atoms with Crippen molar-refractivity contribution in [1.29, 1.82) is 0 Å². The number of benzene rings is 3. The van der Waals surface area contributed by atoms with Crippen molar-refractivity contribution in [3.05, 3.63) is 119 Å². The van der Waals surface area contributed by atoms with Crippen LogP contribution in [0.5, 0.6) is 0 Å². The second-order valence-corrected chi connectivity index (χ2v) is 8.61. The number of hydrogen-bond acceptors (Lipinski definition) is 0. The smallest absolute Gasteiger partial charge is 0.0104 e. The van der Waals surface area contributed by atoms with Crippen molar-refractivity contribution in [3.63, 3.8) is 0 Å². The van der Waals surface area contributed by atoms with Crippen LogP contribution in [-0.4, -0.2) is 0 Å². The third-order valence-corrected chi connectivity index (χ3v) is 6.56. The van der Waals surface area contributed by atoms with Crippen LogP contribution in [0.4, 0.5) is 0 Å². The molecule has 3 rings (SSSR count). The monoisotopic (exact) mass is 394 g/mol. The molecular formula is C30H34. The van der Waals surface area contributed by atoms with Gasteiger partial charge in [0.2, 0.25) is 0 Å². The van der Waals surface area contributed by atoms with E-state index in [1.54, 1.807) is 0 Å². The first-order chi connectivity index (χ1) is 14.5. The molecule has 2 atom stereocenters. The Kier molecular flexibility index (Phi) is 7.11. The van der Waals surface area contributed by atoms with Crippen LogP contribution in [0, 0.1) is 0 Å². The average Bonchev–Trinajstić information content (AvgIpc) is 2.82. The Balaban J connectivity index is 1.79. The van der Waals surface area contributed by atoms with E-state index in [1.807, 2.05) is 0 Å². The van der Waals surface area contributed by atoms with Crippen molar-refractivity contribution in [1.82, 2.24) is 0 Å². The molecule has 0 saturated carbocycles. The standard InChI is InChI=1S/C30H34/c1-5-29(3,27-15-11-8-12-16-27)24-22-26-17-19-28(20-18-26)30(4,6-2)23-21-25-13-9-7-10-14-25/h7-24H,5-6H2,1-4H3/b23-21+,24-22+/t29?,30-/m0/s1. The summed E-state index contributed by atoms with van der Waals surface area (Å²) in [7, 11) is 0. The van der Waals surface area contributed by atoms with E-state index in [4.69, 9.17) is 0 Å². The van der Waals surface area contributed by atoms with Crippen LogP contribution >= 0.6 is 0 Å². The third kappa shape index (κ3) is 5.19. The van der Waals surface area contributed by atoms with Crippen molar-refractivity contribution < 1.29 is 0 Å². The maximum absolute atomic E-state index is 2.35. The van der Waals surface area contributed by atoms with Crippen molar-refractivity contribution in [2.24, 2.45) is 0 Å². The van der Waals surface area contributed by atoms with Crippen LogP contribution in [0.3, 0.4) is 0 Å². The molecule has 0 N–H and O–H groups in total. The summed E-state index contributed by atoms with van der Waals surface area (Å²) in [6, 6.07) is 30.4. The molecule has 0 bridgehead atoms. The Labute approximate surface area is 183 Å². The van der Waals surface area contributed by atoms with E-state index in [9.17, 15) is 0 Å². The van der Waals surface area contributed by atoms with E-state index in [0.29, 0.717) is 0 Å². The van der Waals surface area contributed by atoms with Gasteiger partial charge in [-0.3, -0.25) is 0 Å². The van der Waals surface area contributed by atoms with Gasteiger partial charge in [-0.15, -0.1) is 0 Å². The SMILES string of the molecule is CCC(C)(/C=C/c1ccc([C@](C)(/C=C/c2ccccc2)CC)cc1)c1ccccc1. The van der Waals surface area contributed by atoms with Gasteiger partial charge in [-0.25, -0.2) is 0 Å². The average molecular weight is 395 g/mol. The first-order valence-electron chi connectivity index (χ1n) is 11.1. The predicted octanol–water partition coefficient (Wildman–Crippen LogP) is 8.45. The summed E-state index contributed by atoms with van der Waals surface area (Å²) in [5.41, 5.74) is 5.30. The number of hydrogen-bond donors (Lipinski definition) is 0. The van der Waals surface area contributed by atoms with E-state index in [0.717, 1.165) is 12.8 Å². The Morgan fingerprint density at radius 3 is 1.40 bits per heavy atom. The maximum atomic E-state index is 2.35. The van der Waals surface area contributed by atoms with Gasteiger partial charge in [0.15, 0.2) is 0 Å². The minimum atomic E-state index is 0.0278. The zero-order chi connectivity index (χ0) is 21.5. The van der Waals surface area contributed by atoms with E-state index >= 15 is 0 Å². The molecule has 0 aromatic heterocycles. The zero-order valence-electron chi connectivity index (χ0n) is 18.8. The highest BCUT2D eigenvalue weighted by Crippen LogP contribution is 2.32. The Morgan fingerprint density at radius 2 is 0.933 bits per heavy atom. The Hall–Kier alpha value is -2.86. The fourth-order valence-electron chi connectivity index (χ4n) is 3.75. The second kappa shape index (κ2) is 9.76. The summed E-state index contributed by atoms with van der Waals surface area (Å²) in [4.78, 5) is 0. The van der Waals surface area contributed by atoms with Gasteiger partial charge in [0.1, 0.15) is 0 Å². The highest BCUT2D eigenvalue weighted by Gasteiger charge is 2.22. The maximum Gasteiger partial charge on any atom is 0.0104 e. The molecule has 0 amide bonds. The van der Waals surface area contributed by atoms with E-state index in [1.165, 1.54) is 22.3 Å². The quantitative estimate of drug-likeness (QED) is 0.359. The molecule has 1 unspecified atom stereocenters. The summed E-state index contributed by atoms with van der Waals surface area (Å²) in [5.74, 6) is 0. The summed E-state index contributed by atoms with van der Waals surface area (Å²) < 4.78 is 0. The third-order valence-electron chi connectivity index (χ3n) is 6.56. The van der Waals surface area contributed by atoms with Crippen molar-refractivity contribution in [2.75, 3.05) is 0 Å². The van der Waals surface area contributed by atoms with Crippen LogP contribution in [0.2, 0.25) is 0 Å². The highest BCUT2D eigenvalue weighted by atomic mass is 14.3. The topological polar surface area (TPSA) is 0 Å². The van der Waals surface area contributed by atoms with E-state index in [2.05, 4.69) is 137 Å². The molecule has 0 aliphatic heterocycles. The molecule has 3 aromatic rings. The fraction of sp³-hybridized carbons (Fsp3) is 0.267. The zero-order valence-corrected chi connectivity index (χ0v) is 18.8. The largest absolute Gasteiger partial charge is 0.0736 e. The molecule has 0 aliphatic rings. The van der Waals surface area contributed by atoms with Crippen molar-refractivity contribution >= 4 is 12.2 Å². The molecule has 0 aliphatic carbocycles. The van der Waals surface area contributed by atoms with E-state index < -0.39 is 0 Å². The Morgan fingerprint density at radius 1 is 0.533 bits per heavy atom. The molecule has 3 aromatic carbocycles. The van der Waals surface area contributed by atoms with Gasteiger partial charge in [-0.1, -0.05) is 137 Å². The normalized spacial score (nSPS) is 15.9. The van der Waals surface area contributed by atoms with Crippen LogP contribution in [0.15, 0.2) is 97.1 Å². The molecule has 0 heteroatoms. The molecule has 30 heavy (non-hydrogen) atoms. The fourth-order valence-corrected chi connectivity index (χ4v) is 3.75. The predicted molar refractivity (Wildman–Crippen MR) is 133 cm³/mol. The van der Waals surface area contributed by atoms with Gasteiger partial charge in [0.05, 0.1) is 0 Å². The molecule has 0 fully saturated rings. The lowest BCUT2D eigenvalue weighted by Gasteiger charge is -2.26. The summed E-state index contributed by atoms with van der Waals surface area (Å²) in [6.07, 6.45) is 11.3. The van der Waals surface area contributed by atoms with E-state index in [-0.39, 0.29) is 10.8 Å². The second-order valence-electron chi connectivity index (χ2n) is 8.61. The lowest BCUT2D eigenvalue weighted by molar-refractivity contribution is 0.574. The van der Waals surface area contributed by atoms with Gasteiger partial charge >= 0.3 is 0 Å². The van der Waals surface area contributed by atoms with Crippen LogP contribution in [-0.2, 0) is 10.8 Å². The van der Waals surface area contributed by atoms with Crippen LogP contribution < -0.4 is 0 Å². The molecular weight excluding hydrogens is 360 g/mol. The summed E-state index contributed by atoms with van der Waals surface area (Å²) in [5, 5.41) is 0. The van der Waals surface area contributed by atoms with Crippen molar-refractivity contribution in [2.45, 2.75) is 51.4 Å². The molecule has 154 valence electrons. The first kappa shape index (κ1) is 21.8. The van der Waals surface area contributed by atoms with Gasteiger partial charge in [-0.2, -0.15) is 0 Å². The van der Waals surface area contributed by atoms with Gasteiger partial charge in [0, 0.05) is 10.8 Å². The molecule has 0 heterocycles. The molecule has 0 spiro atoms. The summed E-state index contributed by atoms with van der Waals surface area (Å²) in [6.45, 7) is 9.15. The minimum absolute atomic E-state index is 0.0278. The number of rotatable bonds is 8. The van der Waals surface area contributed by atoms with Crippen LogP contribution in [0.25, 0.3) is 12.2 Å². The molecule has 0 nitrogen and oxygen atoms in total. The summed E-state index contributed by atoms with van der Waals surface area (Å²) >= 11 is 0. The van der Waals surface area contributed by atoms with Gasteiger partial charge < -0.3 is 0 Å².